The van der Waals surface area contributed by atoms with E-state index in [0.29, 0.717) is 5.88 Å². The van der Waals surface area contributed by atoms with Crippen LogP contribution in [0.3, 0.4) is 0 Å². The van der Waals surface area contributed by atoms with Gasteiger partial charge in [-0.05, 0) is 39.0 Å². The molecule has 0 bridgehead atoms. The third-order valence-electron chi connectivity index (χ3n) is 2.53. The van der Waals surface area contributed by atoms with Gasteiger partial charge in [0.2, 0.25) is 5.88 Å². The first-order valence-corrected chi connectivity index (χ1v) is 6.07. The number of rotatable bonds is 5. The van der Waals surface area contributed by atoms with E-state index in [0.717, 1.165) is 11.3 Å². The van der Waals surface area contributed by atoms with E-state index >= 15 is 0 Å². The Labute approximate surface area is 107 Å². The van der Waals surface area contributed by atoms with Crippen molar-refractivity contribution in [3.63, 3.8) is 0 Å². The Hall–Kier alpha value is -1.97. The number of nitrogens with zero attached hydrogens (tertiary/aromatic N) is 1. The Morgan fingerprint density at radius 3 is 2.78 bits per heavy atom. The lowest BCUT2D eigenvalue weighted by molar-refractivity contribution is 0.234. The van der Waals surface area contributed by atoms with Gasteiger partial charge in [0.05, 0.1) is 30.4 Å². The van der Waals surface area contributed by atoms with Crippen LogP contribution in [0.5, 0.6) is 5.88 Å². The molecule has 0 saturated carbocycles. The molecule has 2 aromatic rings. The van der Waals surface area contributed by atoms with Gasteiger partial charge in [0.25, 0.3) is 0 Å². The third kappa shape index (κ3) is 3.03. The summed E-state index contributed by atoms with van der Waals surface area (Å²) in [6.07, 6.45) is 5.23. The molecule has 2 aromatic heterocycles. The van der Waals surface area contributed by atoms with Crippen LogP contribution in [0.1, 0.15) is 32.4 Å². The predicted octanol–water partition coefficient (Wildman–Crippen LogP) is 3.63. The van der Waals surface area contributed by atoms with Gasteiger partial charge in [0.1, 0.15) is 0 Å². The van der Waals surface area contributed by atoms with Crippen molar-refractivity contribution in [2.75, 3.05) is 5.32 Å². The average molecular weight is 246 g/mol. The van der Waals surface area contributed by atoms with Crippen LogP contribution in [0.4, 0.5) is 5.69 Å². The summed E-state index contributed by atoms with van der Waals surface area (Å²) in [6.45, 7) is 6.03. The molecule has 0 aliphatic rings. The van der Waals surface area contributed by atoms with E-state index in [1.54, 1.807) is 18.7 Å². The minimum atomic E-state index is 0.102. The van der Waals surface area contributed by atoms with Crippen LogP contribution < -0.4 is 10.1 Å². The Morgan fingerprint density at radius 2 is 2.11 bits per heavy atom. The first-order chi connectivity index (χ1) is 8.66. The molecule has 0 aliphatic heterocycles. The summed E-state index contributed by atoms with van der Waals surface area (Å²) >= 11 is 0. The smallest absolute Gasteiger partial charge is 0.237 e. The van der Waals surface area contributed by atoms with Crippen molar-refractivity contribution in [3.8, 4) is 5.88 Å². The molecule has 4 nitrogen and oxygen atoms in total. The van der Waals surface area contributed by atoms with Gasteiger partial charge in [-0.25, -0.2) is 4.98 Å². The fraction of sp³-hybridized carbons (Fsp3) is 0.357. The second kappa shape index (κ2) is 5.58. The molecule has 96 valence electrons. The summed E-state index contributed by atoms with van der Waals surface area (Å²) in [5, 5.41) is 3.37. The highest BCUT2D eigenvalue weighted by Crippen LogP contribution is 2.26. The number of anilines is 1. The first kappa shape index (κ1) is 12.5. The van der Waals surface area contributed by atoms with Crippen LogP contribution in [0.2, 0.25) is 0 Å². The number of aromatic nitrogens is 1. The normalized spacial score (nSPS) is 12.4. The predicted molar refractivity (Wildman–Crippen MR) is 70.7 cm³/mol. The van der Waals surface area contributed by atoms with Gasteiger partial charge >= 0.3 is 0 Å². The SMILES string of the molecule is CC(C)Oc1ncccc1NC(C)c1ccoc1. The minimum absolute atomic E-state index is 0.102. The third-order valence-corrected chi connectivity index (χ3v) is 2.53. The lowest BCUT2D eigenvalue weighted by atomic mass is 10.2. The fourth-order valence-corrected chi connectivity index (χ4v) is 1.66. The molecule has 0 aliphatic carbocycles. The number of ether oxygens (including phenoxy) is 1. The van der Waals surface area contributed by atoms with Crippen molar-refractivity contribution in [1.82, 2.24) is 4.98 Å². The van der Waals surface area contributed by atoms with Crippen molar-refractivity contribution in [3.05, 3.63) is 42.5 Å². The fourth-order valence-electron chi connectivity index (χ4n) is 1.66. The van der Waals surface area contributed by atoms with Crippen LogP contribution in [-0.2, 0) is 0 Å². The zero-order chi connectivity index (χ0) is 13.0. The molecular weight excluding hydrogens is 228 g/mol. The molecule has 2 rings (SSSR count). The molecule has 18 heavy (non-hydrogen) atoms. The van der Waals surface area contributed by atoms with Gasteiger partial charge in [-0.2, -0.15) is 0 Å². The second-order valence-corrected chi connectivity index (χ2v) is 4.45. The van der Waals surface area contributed by atoms with Crippen molar-refractivity contribution >= 4 is 5.69 Å². The van der Waals surface area contributed by atoms with Crippen molar-refractivity contribution in [2.24, 2.45) is 0 Å². The summed E-state index contributed by atoms with van der Waals surface area (Å²) in [6, 6.07) is 5.93. The topological polar surface area (TPSA) is 47.3 Å². The minimum Gasteiger partial charge on any atom is -0.473 e. The molecule has 1 N–H and O–H groups in total. The van der Waals surface area contributed by atoms with E-state index < -0.39 is 0 Å². The Bertz CT molecular complexity index is 480. The lowest BCUT2D eigenvalue weighted by Crippen LogP contribution is -2.11. The number of hydrogen-bond donors (Lipinski definition) is 1. The summed E-state index contributed by atoms with van der Waals surface area (Å²) < 4.78 is 10.7. The van der Waals surface area contributed by atoms with E-state index in [9.17, 15) is 0 Å². The highest BCUT2D eigenvalue weighted by molar-refractivity contribution is 5.53. The number of nitrogens with one attached hydrogen (secondary N) is 1. The Balaban J connectivity index is 2.13. The monoisotopic (exact) mass is 246 g/mol. The highest BCUT2D eigenvalue weighted by Gasteiger charge is 2.11. The Kier molecular flexibility index (Phi) is 3.87. The molecule has 4 heteroatoms. The molecule has 1 atom stereocenters. The maximum atomic E-state index is 5.67. The van der Waals surface area contributed by atoms with Crippen LogP contribution in [0.25, 0.3) is 0 Å². The van der Waals surface area contributed by atoms with Crippen molar-refractivity contribution < 1.29 is 9.15 Å². The zero-order valence-corrected chi connectivity index (χ0v) is 10.9. The van der Waals surface area contributed by atoms with E-state index in [1.165, 1.54) is 0 Å². The molecule has 0 saturated heterocycles. The summed E-state index contributed by atoms with van der Waals surface area (Å²) in [5.41, 5.74) is 1.98. The maximum Gasteiger partial charge on any atom is 0.237 e. The highest BCUT2D eigenvalue weighted by atomic mass is 16.5. The maximum absolute atomic E-state index is 5.67. The molecule has 0 aromatic carbocycles. The Morgan fingerprint density at radius 1 is 1.28 bits per heavy atom. The molecule has 0 amide bonds. The van der Waals surface area contributed by atoms with Crippen LogP contribution >= 0.6 is 0 Å². The number of hydrogen-bond acceptors (Lipinski definition) is 4. The van der Waals surface area contributed by atoms with Crippen LogP contribution in [0.15, 0.2) is 41.3 Å². The van der Waals surface area contributed by atoms with Crippen molar-refractivity contribution in [2.45, 2.75) is 32.9 Å². The zero-order valence-electron chi connectivity index (χ0n) is 10.9. The van der Waals surface area contributed by atoms with Gasteiger partial charge in [-0.3, -0.25) is 0 Å². The number of pyridine rings is 1. The van der Waals surface area contributed by atoms with Gasteiger partial charge in [0, 0.05) is 11.8 Å². The van der Waals surface area contributed by atoms with Crippen LogP contribution in [0, 0.1) is 0 Å². The summed E-state index contributed by atoms with van der Waals surface area (Å²) in [4.78, 5) is 4.25. The molecule has 2 heterocycles. The second-order valence-electron chi connectivity index (χ2n) is 4.45. The largest absolute Gasteiger partial charge is 0.473 e. The first-order valence-electron chi connectivity index (χ1n) is 6.07. The molecule has 0 fully saturated rings. The molecule has 1 unspecified atom stereocenters. The van der Waals surface area contributed by atoms with Gasteiger partial charge in [0.15, 0.2) is 0 Å². The van der Waals surface area contributed by atoms with E-state index in [2.05, 4.69) is 17.2 Å². The molecule has 0 radical (unpaired) electrons. The summed E-state index contributed by atoms with van der Waals surface area (Å²) in [7, 11) is 0. The van der Waals surface area contributed by atoms with Crippen LogP contribution in [-0.4, -0.2) is 11.1 Å². The summed E-state index contributed by atoms with van der Waals surface area (Å²) in [5.74, 6) is 0.628. The van der Waals surface area contributed by atoms with Crippen molar-refractivity contribution in [1.29, 1.82) is 0 Å². The molecular formula is C14H18N2O2. The van der Waals surface area contributed by atoms with E-state index in [1.807, 2.05) is 32.0 Å². The van der Waals surface area contributed by atoms with E-state index in [-0.39, 0.29) is 12.1 Å². The van der Waals surface area contributed by atoms with Gasteiger partial charge in [-0.1, -0.05) is 0 Å². The van der Waals surface area contributed by atoms with Gasteiger partial charge in [-0.15, -0.1) is 0 Å². The molecule has 0 spiro atoms. The average Bonchev–Trinajstić information content (AvgIpc) is 2.84. The van der Waals surface area contributed by atoms with E-state index in [4.69, 9.17) is 9.15 Å². The lowest BCUT2D eigenvalue weighted by Gasteiger charge is -2.17. The quantitative estimate of drug-likeness (QED) is 0.875. The standard InChI is InChI=1S/C14H18N2O2/c1-10(2)18-14-13(5-4-7-15-14)16-11(3)12-6-8-17-9-12/h4-11,16H,1-3H3. The number of furan rings is 1. The van der Waals surface area contributed by atoms with Gasteiger partial charge < -0.3 is 14.5 Å².